The Balaban J connectivity index is 1.58. The van der Waals surface area contributed by atoms with Gasteiger partial charge in [0.1, 0.15) is 10.8 Å². The number of nitro groups is 1. The third-order valence-corrected chi connectivity index (χ3v) is 7.00. The van der Waals surface area contributed by atoms with Gasteiger partial charge in [0.05, 0.1) is 24.0 Å². The van der Waals surface area contributed by atoms with Gasteiger partial charge in [-0.2, -0.15) is 0 Å². The minimum Gasteiger partial charge on any atom is -0.497 e. The predicted molar refractivity (Wildman–Crippen MR) is 132 cm³/mol. The fraction of sp³-hybridized carbons (Fsp3) is 0.280. The number of carbonyl (C=O) groups is 2. The molecule has 0 spiro atoms. The largest absolute Gasteiger partial charge is 0.497 e. The SMILES string of the molecule is COc1ccc(CC(=O)Nc2sc3c(c2C(=O)Nc2cccc([N+](=O)[O-])c2)CC[C@H](C)C3)cc1. The Bertz CT molecular complexity index is 1240. The molecule has 176 valence electrons. The van der Waals surface area contributed by atoms with Gasteiger partial charge in [0.25, 0.3) is 11.6 Å². The number of thiophene rings is 1. The minimum atomic E-state index is -0.506. The minimum absolute atomic E-state index is 0.105. The summed E-state index contributed by atoms with van der Waals surface area (Å²) < 4.78 is 5.16. The Hall–Kier alpha value is -3.72. The Morgan fingerprint density at radius 1 is 1.18 bits per heavy atom. The molecule has 1 heterocycles. The highest BCUT2D eigenvalue weighted by atomic mass is 32.1. The van der Waals surface area contributed by atoms with Crippen LogP contribution in [0.5, 0.6) is 5.75 Å². The summed E-state index contributed by atoms with van der Waals surface area (Å²) in [5.41, 5.74) is 2.45. The predicted octanol–water partition coefficient (Wildman–Crippen LogP) is 5.22. The highest BCUT2D eigenvalue weighted by molar-refractivity contribution is 7.17. The van der Waals surface area contributed by atoms with Crippen molar-refractivity contribution in [1.82, 2.24) is 0 Å². The first-order chi connectivity index (χ1) is 16.3. The average molecular weight is 480 g/mol. The molecule has 2 amide bonds. The topological polar surface area (TPSA) is 111 Å². The van der Waals surface area contributed by atoms with E-state index in [-0.39, 0.29) is 23.9 Å². The molecule has 1 aromatic heterocycles. The zero-order chi connectivity index (χ0) is 24.2. The molecule has 1 aliphatic rings. The summed E-state index contributed by atoms with van der Waals surface area (Å²) in [6.07, 6.45) is 2.72. The van der Waals surface area contributed by atoms with Crippen molar-refractivity contribution < 1.29 is 19.2 Å². The molecule has 0 fully saturated rings. The van der Waals surface area contributed by atoms with E-state index in [9.17, 15) is 19.7 Å². The van der Waals surface area contributed by atoms with Gasteiger partial charge in [-0.25, -0.2) is 0 Å². The number of benzene rings is 2. The Morgan fingerprint density at radius 3 is 2.65 bits per heavy atom. The molecule has 4 rings (SSSR count). The second-order valence-electron chi connectivity index (χ2n) is 8.39. The first kappa shape index (κ1) is 23.4. The maximum atomic E-state index is 13.3. The number of ether oxygens (including phenoxy) is 1. The van der Waals surface area contributed by atoms with Crippen molar-refractivity contribution in [2.24, 2.45) is 5.92 Å². The summed E-state index contributed by atoms with van der Waals surface area (Å²) in [6, 6.07) is 13.1. The van der Waals surface area contributed by atoms with Gasteiger partial charge in [0.15, 0.2) is 0 Å². The molecule has 1 atom stereocenters. The number of nitrogens with one attached hydrogen (secondary N) is 2. The average Bonchev–Trinajstić information content (AvgIpc) is 3.16. The zero-order valence-electron chi connectivity index (χ0n) is 18.9. The molecule has 2 aromatic carbocycles. The molecule has 0 unspecified atom stereocenters. The molecular formula is C25H25N3O5S. The molecule has 8 nitrogen and oxygen atoms in total. The summed E-state index contributed by atoms with van der Waals surface area (Å²) in [5.74, 6) is 0.611. The molecule has 34 heavy (non-hydrogen) atoms. The van der Waals surface area contributed by atoms with Crippen molar-refractivity contribution in [3.8, 4) is 5.75 Å². The van der Waals surface area contributed by atoms with Gasteiger partial charge >= 0.3 is 0 Å². The standard InChI is InChI=1S/C25H25N3O5S/c1-15-6-11-20-21(12-15)34-25(27-22(29)13-16-7-9-19(33-2)10-8-16)23(20)24(30)26-17-4-3-5-18(14-17)28(31)32/h3-5,7-10,14-15H,6,11-13H2,1-2H3,(H,26,30)(H,27,29)/t15-/m0/s1. The maximum absolute atomic E-state index is 13.3. The van der Waals surface area contributed by atoms with Crippen molar-refractivity contribution in [3.05, 3.63) is 80.2 Å². The van der Waals surface area contributed by atoms with Gasteiger partial charge in [0, 0.05) is 22.7 Å². The number of fused-ring (bicyclic) bond motifs is 1. The number of anilines is 2. The van der Waals surface area contributed by atoms with Crippen LogP contribution in [-0.2, 0) is 24.1 Å². The van der Waals surface area contributed by atoms with Gasteiger partial charge in [-0.05, 0) is 54.5 Å². The number of non-ortho nitro benzene ring substituents is 1. The maximum Gasteiger partial charge on any atom is 0.271 e. The monoisotopic (exact) mass is 479 g/mol. The third-order valence-electron chi connectivity index (χ3n) is 5.83. The van der Waals surface area contributed by atoms with Crippen LogP contribution < -0.4 is 15.4 Å². The fourth-order valence-electron chi connectivity index (χ4n) is 4.07. The normalized spacial score (nSPS) is 14.7. The van der Waals surface area contributed by atoms with Crippen LogP contribution in [0.3, 0.4) is 0 Å². The van der Waals surface area contributed by atoms with Gasteiger partial charge in [-0.1, -0.05) is 25.1 Å². The molecule has 0 radical (unpaired) electrons. The quantitative estimate of drug-likeness (QED) is 0.356. The van der Waals surface area contributed by atoms with E-state index in [0.29, 0.717) is 27.9 Å². The lowest BCUT2D eigenvalue weighted by Gasteiger charge is -2.18. The molecule has 2 N–H and O–H groups in total. The second kappa shape index (κ2) is 10.0. The van der Waals surface area contributed by atoms with E-state index in [1.165, 1.54) is 29.5 Å². The summed E-state index contributed by atoms with van der Waals surface area (Å²) >= 11 is 1.44. The van der Waals surface area contributed by atoms with Crippen LogP contribution in [0.1, 0.15) is 39.7 Å². The van der Waals surface area contributed by atoms with Gasteiger partial charge < -0.3 is 15.4 Å². The van der Waals surface area contributed by atoms with Crippen molar-refractivity contribution >= 4 is 39.5 Å². The number of rotatable bonds is 7. The van der Waals surface area contributed by atoms with Crippen LogP contribution in [0.2, 0.25) is 0 Å². The van der Waals surface area contributed by atoms with Crippen molar-refractivity contribution in [3.63, 3.8) is 0 Å². The smallest absolute Gasteiger partial charge is 0.271 e. The Morgan fingerprint density at radius 2 is 1.94 bits per heavy atom. The van der Waals surface area contributed by atoms with Crippen LogP contribution in [-0.4, -0.2) is 23.8 Å². The number of nitro benzene ring substituents is 1. The van der Waals surface area contributed by atoms with Crippen LogP contribution in [0.4, 0.5) is 16.4 Å². The first-order valence-corrected chi connectivity index (χ1v) is 11.8. The van der Waals surface area contributed by atoms with Crippen molar-refractivity contribution in [1.29, 1.82) is 0 Å². The number of nitrogens with zero attached hydrogens (tertiary/aromatic N) is 1. The summed E-state index contributed by atoms with van der Waals surface area (Å²) in [5, 5.41) is 17.3. The lowest BCUT2D eigenvalue weighted by Crippen LogP contribution is -2.20. The molecular weight excluding hydrogens is 454 g/mol. The van der Waals surface area contributed by atoms with E-state index in [1.54, 1.807) is 25.3 Å². The summed E-state index contributed by atoms with van der Waals surface area (Å²) in [6.45, 7) is 2.17. The number of hydrogen-bond donors (Lipinski definition) is 2. The van der Waals surface area contributed by atoms with E-state index < -0.39 is 4.92 Å². The molecule has 3 aromatic rings. The molecule has 9 heteroatoms. The Kier molecular flexibility index (Phi) is 6.93. The molecule has 1 aliphatic carbocycles. The molecule has 0 aliphatic heterocycles. The Labute approximate surface area is 201 Å². The van der Waals surface area contributed by atoms with E-state index in [2.05, 4.69) is 17.6 Å². The van der Waals surface area contributed by atoms with Crippen molar-refractivity contribution in [2.75, 3.05) is 17.7 Å². The van der Waals surface area contributed by atoms with E-state index in [4.69, 9.17) is 4.74 Å². The number of hydrogen-bond acceptors (Lipinski definition) is 6. The van der Waals surface area contributed by atoms with Crippen LogP contribution in [0.25, 0.3) is 0 Å². The lowest BCUT2D eigenvalue weighted by molar-refractivity contribution is -0.384. The lowest BCUT2D eigenvalue weighted by atomic mass is 9.88. The molecule has 0 saturated heterocycles. The highest BCUT2D eigenvalue weighted by Crippen LogP contribution is 2.40. The second-order valence-corrected chi connectivity index (χ2v) is 9.50. The van der Waals surface area contributed by atoms with Gasteiger partial charge in [-0.15, -0.1) is 11.3 Å². The van der Waals surface area contributed by atoms with Crippen molar-refractivity contribution in [2.45, 2.75) is 32.6 Å². The van der Waals surface area contributed by atoms with E-state index in [1.807, 2.05) is 12.1 Å². The highest BCUT2D eigenvalue weighted by Gasteiger charge is 2.28. The van der Waals surface area contributed by atoms with Gasteiger partial charge in [0.2, 0.25) is 5.91 Å². The molecule has 0 saturated carbocycles. The number of methoxy groups -OCH3 is 1. The fourth-order valence-corrected chi connectivity index (χ4v) is 5.49. The molecule has 0 bridgehead atoms. The number of carbonyl (C=O) groups excluding carboxylic acids is 2. The number of amides is 2. The van der Waals surface area contributed by atoms with E-state index in [0.717, 1.165) is 35.3 Å². The van der Waals surface area contributed by atoms with Crippen LogP contribution in [0, 0.1) is 16.0 Å². The van der Waals surface area contributed by atoms with E-state index >= 15 is 0 Å². The first-order valence-electron chi connectivity index (χ1n) is 11.0. The van der Waals surface area contributed by atoms with Gasteiger partial charge in [-0.3, -0.25) is 19.7 Å². The summed E-state index contributed by atoms with van der Waals surface area (Å²) in [4.78, 5) is 37.8. The van der Waals surface area contributed by atoms with Crippen LogP contribution >= 0.6 is 11.3 Å². The van der Waals surface area contributed by atoms with Crippen LogP contribution in [0.15, 0.2) is 48.5 Å². The third kappa shape index (κ3) is 5.26. The zero-order valence-corrected chi connectivity index (χ0v) is 19.7. The summed E-state index contributed by atoms with van der Waals surface area (Å²) in [7, 11) is 1.58.